The van der Waals surface area contributed by atoms with Crippen LogP contribution in [0, 0.1) is 0 Å². The molecular weight excluding hydrogens is 888 g/mol. The number of anilines is 3. The molecule has 5 aromatic rings. The molecule has 0 fully saturated rings. The molecule has 19 nitrogen and oxygen atoms in total. The first-order valence-electron chi connectivity index (χ1n) is 22.3. The average Bonchev–Trinajstić information content (AvgIpc) is 4.04. The van der Waals surface area contributed by atoms with Gasteiger partial charge in [0.05, 0.1) is 53.0 Å². The maximum Gasteiger partial charge on any atom is 1.00 e. The van der Waals surface area contributed by atoms with Gasteiger partial charge in [-0.3, -0.25) is 32.6 Å². The van der Waals surface area contributed by atoms with Gasteiger partial charge in [0.2, 0.25) is 0 Å². The smallest absolute Gasteiger partial charge is 0.423 e. The van der Waals surface area contributed by atoms with Gasteiger partial charge in [-0.25, -0.2) is 8.42 Å². The Morgan fingerprint density at radius 1 is 0.731 bits per heavy atom. The zero-order valence-corrected chi connectivity index (χ0v) is 44.1. The molecule has 0 atom stereocenters. The number of aryl methyl sites for hydroxylation is 7. The van der Waals surface area contributed by atoms with Crippen molar-refractivity contribution < 1.29 is 62.9 Å². The molecule has 0 saturated heterocycles. The van der Waals surface area contributed by atoms with E-state index in [4.69, 9.17) is 5.73 Å². The monoisotopic (exact) mass is 959 g/mol. The van der Waals surface area contributed by atoms with Gasteiger partial charge in [0, 0.05) is 72.4 Å². The third kappa shape index (κ3) is 19.9. The molecule has 0 aliphatic heterocycles. The summed E-state index contributed by atoms with van der Waals surface area (Å²) in [6.45, 7) is 10.1. The summed E-state index contributed by atoms with van der Waals surface area (Å²) < 4.78 is 37.4. The Labute approximate surface area is 418 Å². The molecule has 2 aliphatic carbocycles. The first-order chi connectivity index (χ1) is 30.7. The molecule has 0 radical (unpaired) electrons. The van der Waals surface area contributed by atoms with Crippen molar-refractivity contribution in [2.75, 3.05) is 21.9 Å². The zero-order chi connectivity index (χ0) is 49.0. The van der Waals surface area contributed by atoms with Crippen molar-refractivity contribution in [3.63, 3.8) is 0 Å². The quantitative estimate of drug-likeness (QED) is 0.0949. The van der Waals surface area contributed by atoms with Crippen LogP contribution in [0.5, 0.6) is 0 Å². The van der Waals surface area contributed by atoms with Crippen LogP contribution in [-0.4, -0.2) is 98.0 Å². The number of carbonyl (C=O) groups is 2. The number of hydrogen-bond acceptors (Lipinski definition) is 12. The van der Waals surface area contributed by atoms with Crippen LogP contribution in [0.3, 0.4) is 0 Å². The van der Waals surface area contributed by atoms with Crippen molar-refractivity contribution in [1.29, 1.82) is 0 Å². The zero-order valence-electron chi connectivity index (χ0n) is 41.3. The topological polar surface area (TPSA) is 256 Å². The molecular formula is C46H71N12NaO7S. The van der Waals surface area contributed by atoms with Gasteiger partial charge in [-0.15, -0.1) is 0 Å². The number of rotatable bonds is 15. The van der Waals surface area contributed by atoms with E-state index in [9.17, 15) is 33.3 Å². The summed E-state index contributed by atoms with van der Waals surface area (Å²) in [4.78, 5) is 24.3. The third-order valence-corrected chi connectivity index (χ3v) is 12.0. The number of benzene rings is 1. The van der Waals surface area contributed by atoms with Gasteiger partial charge in [0.25, 0.3) is 10.2 Å². The molecule has 67 heavy (non-hydrogen) atoms. The number of aromatic nitrogens is 8. The Bertz CT molecular complexity index is 2420. The fraction of sp³-hybridized carbons (Fsp3) is 0.565. The van der Waals surface area contributed by atoms with Crippen molar-refractivity contribution >= 4 is 39.1 Å². The summed E-state index contributed by atoms with van der Waals surface area (Å²) in [5, 5.41) is 47.7. The Morgan fingerprint density at radius 3 is 1.67 bits per heavy atom. The van der Waals surface area contributed by atoms with Crippen LogP contribution in [0.15, 0.2) is 55.6 Å². The third-order valence-electron chi connectivity index (χ3n) is 10.6. The maximum absolute atomic E-state index is 13.1. The van der Waals surface area contributed by atoms with Crippen molar-refractivity contribution in [2.24, 2.45) is 28.2 Å². The number of amides is 2. The molecule has 0 saturated carbocycles. The summed E-state index contributed by atoms with van der Waals surface area (Å²) in [6, 6.07) is 1.34. The summed E-state index contributed by atoms with van der Waals surface area (Å²) in [6.07, 6.45) is 23.0. The van der Waals surface area contributed by atoms with Crippen LogP contribution in [0.2, 0.25) is 0 Å². The minimum absolute atomic E-state index is 0. The van der Waals surface area contributed by atoms with Crippen molar-refractivity contribution in [3.05, 3.63) is 93.7 Å². The van der Waals surface area contributed by atoms with E-state index in [0.717, 1.165) is 84.5 Å². The first kappa shape index (κ1) is 56.8. The second-order valence-electron chi connectivity index (χ2n) is 19.1. The summed E-state index contributed by atoms with van der Waals surface area (Å²) in [7, 11) is 2.88. The maximum atomic E-state index is 13.1. The normalized spacial score (nSPS) is 13.1. The first-order valence-corrected chi connectivity index (χ1v) is 23.7. The van der Waals surface area contributed by atoms with E-state index >= 15 is 0 Å². The molecule has 364 valence electrons. The molecule has 6 N–H and O–H groups in total. The number of hydrogen-bond donors (Lipinski definition) is 5. The van der Waals surface area contributed by atoms with Gasteiger partial charge in [0.15, 0.2) is 6.03 Å². The van der Waals surface area contributed by atoms with Crippen molar-refractivity contribution in [3.8, 4) is 0 Å². The van der Waals surface area contributed by atoms with Gasteiger partial charge in [-0.05, 0) is 145 Å². The molecule has 2 amide bonds. The number of nitrogens with two attached hydrogens (primary N) is 1. The standard InChI is InChI=1S/C22H31N5O4S.C10H16N2O2.C10H18N2O.C4H7N3.Na/c1-22(2,29)10-11-27(17-13-23-26(3)14-17)32(30,31)25-21(28)24-20-18-8-4-6-15(18)12-16-7-5-9-19(16)20;1-10(2,14)5-9(13)4-8-6-11-12(3)7-8;1-10(2,13)6-4-5-9-7-11-12(3)8-9;1-7-3-4(5)2-6-7;/h12-14,29H,4-11H2,1-3H3,(H2,24,25,28);6-7,14H,4-5H2,1-3H3;7-8,13H,4-6H2,1-3H3;2-3H,5H2,1H3;/q;;;;+1/p-1. The van der Waals surface area contributed by atoms with E-state index in [1.807, 2.05) is 53.6 Å². The van der Waals surface area contributed by atoms with E-state index in [1.165, 1.54) is 33.8 Å². The van der Waals surface area contributed by atoms with Gasteiger partial charge >= 0.3 is 29.6 Å². The molecule has 0 unspecified atom stereocenters. The van der Waals surface area contributed by atoms with Gasteiger partial charge in [0.1, 0.15) is 5.78 Å². The van der Waals surface area contributed by atoms with Crippen LogP contribution in [-0.2, 0) is 81.7 Å². The SMILES string of the molecule is Cn1cc(CC(=O)CC(C)(C)O)cn1.Cn1cc(CCCC(C)(C)O)cn1.Cn1cc(N(CCC(C)(C)O)S(=O)(=O)[N-]C(=O)Nc2c3c(cc4c2CCC4)CCC3)cn1.Cn1cc(N)cn1.[Na+]. The predicted molar refractivity (Wildman–Crippen MR) is 256 cm³/mol. The fourth-order valence-corrected chi connectivity index (χ4v) is 8.68. The van der Waals surface area contributed by atoms with Gasteiger partial charge in [-0.1, -0.05) is 6.07 Å². The van der Waals surface area contributed by atoms with Gasteiger partial charge in [-0.2, -0.15) is 20.4 Å². The van der Waals surface area contributed by atoms with Gasteiger partial charge < -0.3 is 31.1 Å². The second-order valence-corrected chi connectivity index (χ2v) is 20.6. The Hall–Kier alpha value is -4.57. The number of nitrogens with zero attached hydrogens (tertiary/aromatic N) is 10. The van der Waals surface area contributed by atoms with Crippen LogP contribution in [0.1, 0.15) is 113 Å². The van der Waals surface area contributed by atoms with E-state index in [2.05, 4.69) is 36.5 Å². The Morgan fingerprint density at radius 2 is 1.24 bits per heavy atom. The number of ketones is 1. The van der Waals surface area contributed by atoms with Crippen LogP contribution >= 0.6 is 0 Å². The largest absolute Gasteiger partial charge is 1.00 e. The number of Topliss-reactive ketones (excluding diaryl/α,β-unsaturated/α-hetero) is 1. The average molecular weight is 959 g/mol. The van der Waals surface area contributed by atoms with Crippen molar-refractivity contribution in [1.82, 2.24) is 39.1 Å². The van der Waals surface area contributed by atoms with Crippen LogP contribution < -0.4 is 44.9 Å². The molecule has 4 heterocycles. The minimum atomic E-state index is -4.35. The molecule has 7 rings (SSSR count). The number of urea groups is 1. The predicted octanol–water partition coefficient (Wildman–Crippen LogP) is 2.43. The number of nitrogen functional groups attached to an aromatic ring is 1. The molecule has 4 aromatic heterocycles. The number of carbonyl (C=O) groups excluding carboxylic acids is 2. The van der Waals surface area contributed by atoms with E-state index in [-0.39, 0.29) is 60.4 Å². The number of nitrogens with one attached hydrogen (secondary N) is 1. The van der Waals surface area contributed by atoms with E-state index < -0.39 is 33.0 Å². The van der Waals surface area contributed by atoms with E-state index in [1.54, 1.807) is 67.4 Å². The summed E-state index contributed by atoms with van der Waals surface area (Å²) in [5.41, 5.74) is 11.3. The second kappa shape index (κ2) is 24.6. The molecule has 1 aromatic carbocycles. The summed E-state index contributed by atoms with van der Waals surface area (Å²) >= 11 is 0. The molecule has 2 aliphatic rings. The molecule has 21 heteroatoms. The number of aliphatic hydroxyl groups is 3. The van der Waals surface area contributed by atoms with Crippen LogP contribution in [0.25, 0.3) is 4.72 Å². The Kier molecular flexibility index (Phi) is 20.9. The Balaban J connectivity index is 0.000000280. The molecule has 0 bridgehead atoms. The molecule has 0 spiro atoms. The van der Waals surface area contributed by atoms with Crippen molar-refractivity contribution in [2.45, 2.75) is 135 Å². The van der Waals surface area contributed by atoms with E-state index in [0.29, 0.717) is 12.1 Å². The minimum Gasteiger partial charge on any atom is -0.423 e. The fourth-order valence-electron chi connectivity index (χ4n) is 7.64. The summed E-state index contributed by atoms with van der Waals surface area (Å²) in [5.74, 6) is 0.0329. The van der Waals surface area contributed by atoms with Crippen LogP contribution in [0.4, 0.5) is 21.9 Å². The number of fused-ring (bicyclic) bond motifs is 2.